The van der Waals surface area contributed by atoms with Crippen molar-refractivity contribution >= 4 is 39.2 Å². The normalized spacial score (nSPS) is 19.7. The highest BCUT2D eigenvalue weighted by Gasteiger charge is 2.43. The van der Waals surface area contributed by atoms with Crippen molar-refractivity contribution in [1.82, 2.24) is 4.98 Å². The number of anilines is 1. The standard InChI is InChI=1S/C32H23F2N3O2S/c33-23-12-8-19(9-13-23)16-22-5-3-6-25-29(22)36-37(30(25)20-10-14-24(34)15-11-20)32-35-18-28(40-32)26-17-21-4-1-2-7-27(21)39-31(26)38/h1-2,4,7-18,25,30H,3,5-6H2/t25-,30-/m1/s1. The highest BCUT2D eigenvalue weighted by molar-refractivity contribution is 7.18. The minimum Gasteiger partial charge on any atom is -0.422 e. The van der Waals surface area contributed by atoms with Gasteiger partial charge < -0.3 is 4.42 Å². The molecule has 0 N–H and O–H groups in total. The lowest BCUT2D eigenvalue weighted by molar-refractivity contribution is 0.486. The molecule has 5 aromatic rings. The molecular weight excluding hydrogens is 528 g/mol. The van der Waals surface area contributed by atoms with Crippen LogP contribution in [0.25, 0.3) is 27.5 Å². The van der Waals surface area contributed by atoms with Gasteiger partial charge in [0.15, 0.2) is 0 Å². The van der Waals surface area contributed by atoms with Gasteiger partial charge in [-0.2, -0.15) is 5.10 Å². The minimum atomic E-state index is -0.421. The molecule has 0 amide bonds. The second kappa shape index (κ2) is 9.95. The molecule has 1 aliphatic carbocycles. The lowest BCUT2D eigenvalue weighted by Crippen LogP contribution is -2.28. The van der Waals surface area contributed by atoms with Gasteiger partial charge in [0, 0.05) is 17.5 Å². The van der Waals surface area contributed by atoms with E-state index in [1.165, 1.54) is 35.6 Å². The molecule has 2 atom stereocenters. The fourth-order valence-corrected chi connectivity index (χ4v) is 6.55. The third-order valence-electron chi connectivity index (χ3n) is 7.52. The van der Waals surface area contributed by atoms with Crippen molar-refractivity contribution < 1.29 is 13.2 Å². The molecule has 7 rings (SSSR count). The van der Waals surface area contributed by atoms with E-state index in [4.69, 9.17) is 9.52 Å². The molecular formula is C32H23F2N3O2S. The largest absolute Gasteiger partial charge is 0.422 e. The predicted molar refractivity (Wildman–Crippen MR) is 154 cm³/mol. The van der Waals surface area contributed by atoms with Crippen LogP contribution in [-0.2, 0) is 0 Å². The molecule has 1 saturated carbocycles. The first-order valence-electron chi connectivity index (χ1n) is 13.1. The number of halogens is 2. The first-order chi connectivity index (χ1) is 19.5. The Balaban J connectivity index is 1.31. The summed E-state index contributed by atoms with van der Waals surface area (Å²) in [5.41, 5.74) is 4.48. The fraction of sp³-hybridized carbons (Fsp3) is 0.156. The molecule has 1 aliphatic heterocycles. The van der Waals surface area contributed by atoms with E-state index >= 15 is 0 Å². The molecule has 2 aliphatic rings. The van der Waals surface area contributed by atoms with E-state index in [1.807, 2.05) is 29.3 Å². The van der Waals surface area contributed by atoms with Crippen LogP contribution in [0.3, 0.4) is 0 Å². The predicted octanol–water partition coefficient (Wildman–Crippen LogP) is 8.00. The van der Waals surface area contributed by atoms with Gasteiger partial charge in [-0.1, -0.05) is 53.8 Å². The Morgan fingerprint density at radius 3 is 2.52 bits per heavy atom. The summed E-state index contributed by atoms with van der Waals surface area (Å²) in [5.74, 6) is -0.497. The Morgan fingerprint density at radius 1 is 0.975 bits per heavy atom. The van der Waals surface area contributed by atoms with E-state index < -0.39 is 5.63 Å². The number of aromatic nitrogens is 1. The average molecular weight is 552 g/mol. The Kier molecular flexibility index (Phi) is 6.12. The summed E-state index contributed by atoms with van der Waals surface area (Å²) in [5, 5.41) is 8.48. The molecule has 0 spiro atoms. The second-order valence-corrected chi connectivity index (χ2v) is 11.0. The zero-order valence-electron chi connectivity index (χ0n) is 21.3. The van der Waals surface area contributed by atoms with Gasteiger partial charge in [-0.05, 0) is 78.4 Å². The zero-order chi connectivity index (χ0) is 27.2. The Hall–Kier alpha value is -4.43. The highest BCUT2D eigenvalue weighted by atomic mass is 32.1. The maximum atomic E-state index is 13.9. The van der Waals surface area contributed by atoms with E-state index in [0.29, 0.717) is 21.2 Å². The van der Waals surface area contributed by atoms with Gasteiger partial charge in [-0.15, -0.1) is 0 Å². The van der Waals surface area contributed by atoms with Gasteiger partial charge in [-0.25, -0.2) is 23.6 Å². The summed E-state index contributed by atoms with van der Waals surface area (Å²) >= 11 is 1.37. The summed E-state index contributed by atoms with van der Waals surface area (Å²) in [4.78, 5) is 18.2. The number of para-hydroxylation sites is 1. The molecule has 1 fully saturated rings. The molecule has 0 radical (unpaired) electrons. The number of fused-ring (bicyclic) bond motifs is 2. The van der Waals surface area contributed by atoms with Gasteiger partial charge in [0.25, 0.3) is 0 Å². The SMILES string of the molecule is O=c1oc2ccccc2cc1-c1cnc(N2N=C3C(=Cc4ccc(F)cc4)CCC[C@H]3[C@H]2c2ccc(F)cc2)s1. The molecule has 5 nitrogen and oxygen atoms in total. The summed E-state index contributed by atoms with van der Waals surface area (Å²) in [7, 11) is 0. The van der Waals surface area contributed by atoms with Gasteiger partial charge >= 0.3 is 5.63 Å². The number of thiazole rings is 1. The lowest BCUT2D eigenvalue weighted by Gasteiger charge is -2.29. The van der Waals surface area contributed by atoms with Crippen molar-refractivity contribution in [2.75, 3.05) is 5.01 Å². The summed E-state index contributed by atoms with van der Waals surface area (Å²) in [6, 6.07) is 22.0. The van der Waals surface area contributed by atoms with Crippen LogP contribution in [0.5, 0.6) is 0 Å². The van der Waals surface area contributed by atoms with Crippen molar-refractivity contribution in [1.29, 1.82) is 0 Å². The average Bonchev–Trinajstić information content (AvgIpc) is 3.60. The summed E-state index contributed by atoms with van der Waals surface area (Å²) < 4.78 is 32.9. The third-order valence-corrected chi connectivity index (χ3v) is 8.54. The number of allylic oxidation sites excluding steroid dienone is 1. The van der Waals surface area contributed by atoms with E-state index in [0.717, 1.165) is 47.1 Å². The minimum absolute atomic E-state index is 0.0731. The summed E-state index contributed by atoms with van der Waals surface area (Å²) in [6.45, 7) is 0. The maximum Gasteiger partial charge on any atom is 0.345 e. The number of rotatable bonds is 4. The van der Waals surface area contributed by atoms with E-state index in [2.05, 4.69) is 11.1 Å². The molecule has 198 valence electrons. The first kappa shape index (κ1) is 24.6. The van der Waals surface area contributed by atoms with Crippen LogP contribution in [0.15, 0.2) is 105 Å². The molecule has 3 aromatic carbocycles. The van der Waals surface area contributed by atoms with Crippen LogP contribution in [0.1, 0.15) is 36.4 Å². The molecule has 0 saturated heterocycles. The van der Waals surface area contributed by atoms with E-state index in [-0.39, 0.29) is 23.6 Å². The van der Waals surface area contributed by atoms with E-state index in [1.54, 1.807) is 36.5 Å². The Labute approximate surface area is 232 Å². The van der Waals surface area contributed by atoms with Crippen molar-refractivity contribution in [3.8, 4) is 10.4 Å². The number of hydrogen-bond donors (Lipinski definition) is 0. The van der Waals surface area contributed by atoms with Crippen LogP contribution in [-0.4, -0.2) is 10.7 Å². The van der Waals surface area contributed by atoms with Crippen LogP contribution in [0.2, 0.25) is 0 Å². The zero-order valence-corrected chi connectivity index (χ0v) is 22.1. The van der Waals surface area contributed by atoms with Crippen molar-refractivity contribution in [2.24, 2.45) is 11.0 Å². The van der Waals surface area contributed by atoms with Crippen LogP contribution in [0, 0.1) is 17.6 Å². The monoisotopic (exact) mass is 551 g/mol. The molecule has 3 heterocycles. The summed E-state index contributed by atoms with van der Waals surface area (Å²) in [6.07, 6.45) is 6.51. The highest BCUT2D eigenvalue weighted by Crippen LogP contribution is 2.47. The van der Waals surface area contributed by atoms with Gasteiger partial charge in [0.05, 0.1) is 22.2 Å². The number of nitrogens with zero attached hydrogens (tertiary/aromatic N) is 3. The van der Waals surface area contributed by atoms with Crippen LogP contribution < -0.4 is 10.6 Å². The second-order valence-electron chi connectivity index (χ2n) is 10.0. The van der Waals surface area contributed by atoms with Gasteiger partial charge in [0.1, 0.15) is 17.2 Å². The molecule has 0 bridgehead atoms. The quantitative estimate of drug-likeness (QED) is 0.212. The topological polar surface area (TPSA) is 58.7 Å². The number of hydrazone groups is 1. The third kappa shape index (κ3) is 4.44. The molecule has 0 unspecified atom stereocenters. The van der Waals surface area contributed by atoms with Gasteiger partial charge in [0.2, 0.25) is 5.13 Å². The van der Waals surface area contributed by atoms with Crippen molar-refractivity contribution in [3.05, 3.63) is 124 Å². The smallest absolute Gasteiger partial charge is 0.345 e. The lowest BCUT2D eigenvalue weighted by atomic mass is 9.77. The van der Waals surface area contributed by atoms with Crippen LogP contribution in [0.4, 0.5) is 13.9 Å². The number of hydrogen-bond acceptors (Lipinski definition) is 6. The van der Waals surface area contributed by atoms with Crippen molar-refractivity contribution in [2.45, 2.75) is 25.3 Å². The first-order valence-corrected chi connectivity index (χ1v) is 13.9. The molecule has 2 aromatic heterocycles. The number of benzene rings is 3. The Bertz CT molecular complexity index is 1840. The van der Waals surface area contributed by atoms with Gasteiger partial charge in [-0.3, -0.25) is 0 Å². The van der Waals surface area contributed by atoms with Crippen LogP contribution >= 0.6 is 11.3 Å². The molecule has 8 heteroatoms. The fourth-order valence-electron chi connectivity index (χ4n) is 5.64. The van der Waals surface area contributed by atoms with E-state index in [9.17, 15) is 13.6 Å². The Morgan fingerprint density at radius 2 is 1.73 bits per heavy atom. The molecule has 40 heavy (non-hydrogen) atoms. The van der Waals surface area contributed by atoms with Crippen molar-refractivity contribution in [3.63, 3.8) is 0 Å². The maximum absolute atomic E-state index is 13.9.